The van der Waals surface area contributed by atoms with Crippen molar-refractivity contribution in [1.82, 2.24) is 0 Å². The predicted octanol–water partition coefficient (Wildman–Crippen LogP) is 0.987. The zero-order valence-corrected chi connectivity index (χ0v) is 10.1. The number of hydrogen-bond acceptors (Lipinski definition) is 4. The Morgan fingerprint density at radius 3 is 2.61 bits per heavy atom. The van der Waals surface area contributed by atoms with Crippen LogP contribution in [-0.4, -0.2) is 17.6 Å². The van der Waals surface area contributed by atoms with Crippen LogP contribution in [0, 0.1) is 11.3 Å². The second-order valence-electron chi connectivity index (χ2n) is 3.51. The van der Waals surface area contributed by atoms with E-state index in [9.17, 15) is 9.59 Å². The Bertz CT molecular complexity index is 575. The fraction of sp³-hybridized carbons (Fsp3) is 0.0833. The molecule has 0 saturated carbocycles. The van der Waals surface area contributed by atoms with E-state index in [-0.39, 0.29) is 17.2 Å². The van der Waals surface area contributed by atoms with Gasteiger partial charge in [0.05, 0.1) is 5.75 Å². The molecule has 1 aliphatic rings. The average Bonchev–Trinajstić information content (AvgIpc) is 2.73. The Balaban J connectivity index is 2.54. The number of anilines is 1. The van der Waals surface area contributed by atoms with E-state index < -0.39 is 5.91 Å². The van der Waals surface area contributed by atoms with Gasteiger partial charge >= 0.3 is 0 Å². The monoisotopic (exact) mass is 259 g/mol. The average molecular weight is 259 g/mol. The van der Waals surface area contributed by atoms with Crippen LogP contribution in [0.2, 0.25) is 0 Å². The number of primary amides is 1. The zero-order valence-electron chi connectivity index (χ0n) is 9.29. The minimum Gasteiger partial charge on any atom is -0.365 e. The number of carbonyl (C=O) groups excluding carboxylic acids is 2. The Labute approximate surface area is 108 Å². The van der Waals surface area contributed by atoms with Crippen LogP contribution in [-0.2, 0) is 9.59 Å². The Hall–Kier alpha value is -2.26. The topological polar surface area (TPSA) is 87.2 Å². The molecule has 0 atom stereocenters. The van der Waals surface area contributed by atoms with Gasteiger partial charge in [-0.15, -0.1) is 0 Å². The molecule has 1 saturated heterocycles. The summed E-state index contributed by atoms with van der Waals surface area (Å²) >= 11 is 1.15. The predicted molar refractivity (Wildman–Crippen MR) is 68.2 cm³/mol. The van der Waals surface area contributed by atoms with Gasteiger partial charge in [-0.05, 0) is 12.1 Å². The highest BCUT2D eigenvalue weighted by Gasteiger charge is 2.32. The van der Waals surface area contributed by atoms with Gasteiger partial charge < -0.3 is 5.73 Å². The maximum atomic E-state index is 11.8. The van der Waals surface area contributed by atoms with Crippen LogP contribution in [0.5, 0.6) is 0 Å². The molecule has 0 spiro atoms. The summed E-state index contributed by atoms with van der Waals surface area (Å²) in [4.78, 5) is 24.4. The van der Waals surface area contributed by atoms with Gasteiger partial charge in [0.25, 0.3) is 5.91 Å². The van der Waals surface area contributed by atoms with Crippen molar-refractivity contribution in [3.8, 4) is 6.07 Å². The molecule has 2 N–H and O–H groups in total. The fourth-order valence-electron chi connectivity index (χ4n) is 1.60. The van der Waals surface area contributed by atoms with Crippen molar-refractivity contribution in [2.75, 3.05) is 10.7 Å². The number of nitrogens with two attached hydrogens (primary N) is 1. The van der Waals surface area contributed by atoms with Gasteiger partial charge in [-0.3, -0.25) is 14.5 Å². The molecule has 0 aliphatic carbocycles. The number of amides is 2. The number of nitriles is 1. The van der Waals surface area contributed by atoms with Gasteiger partial charge in [-0.2, -0.15) is 5.26 Å². The lowest BCUT2D eigenvalue weighted by atomic mass is 10.2. The first kappa shape index (κ1) is 12.2. The van der Waals surface area contributed by atoms with Gasteiger partial charge in [-0.1, -0.05) is 30.0 Å². The van der Waals surface area contributed by atoms with Gasteiger partial charge in [0.1, 0.15) is 16.7 Å². The molecule has 0 bridgehead atoms. The number of nitrogens with zero attached hydrogens (tertiary/aromatic N) is 2. The van der Waals surface area contributed by atoms with Crippen molar-refractivity contribution in [3.05, 3.63) is 40.9 Å². The van der Waals surface area contributed by atoms with Crippen LogP contribution in [0.4, 0.5) is 5.69 Å². The normalized spacial score (nSPS) is 17.5. The van der Waals surface area contributed by atoms with E-state index in [1.807, 2.05) is 6.07 Å². The van der Waals surface area contributed by atoms with Crippen molar-refractivity contribution >= 4 is 29.3 Å². The lowest BCUT2D eigenvalue weighted by molar-refractivity contribution is -0.115. The highest BCUT2D eigenvalue weighted by atomic mass is 32.2. The third-order valence-corrected chi connectivity index (χ3v) is 3.42. The lowest BCUT2D eigenvalue weighted by Gasteiger charge is -2.17. The third-order valence-electron chi connectivity index (χ3n) is 2.37. The molecule has 90 valence electrons. The fourth-order valence-corrected chi connectivity index (χ4v) is 2.62. The van der Waals surface area contributed by atoms with Crippen molar-refractivity contribution in [1.29, 1.82) is 5.26 Å². The van der Waals surface area contributed by atoms with Crippen LogP contribution < -0.4 is 10.6 Å². The summed E-state index contributed by atoms with van der Waals surface area (Å²) in [5.41, 5.74) is 5.58. The molecule has 0 radical (unpaired) electrons. The zero-order chi connectivity index (χ0) is 13.1. The summed E-state index contributed by atoms with van der Waals surface area (Å²) in [5, 5.41) is 9.25. The van der Waals surface area contributed by atoms with E-state index in [0.29, 0.717) is 10.7 Å². The number of thioether (sulfide) groups is 1. The highest BCUT2D eigenvalue weighted by Crippen LogP contribution is 2.35. The number of hydrogen-bond donors (Lipinski definition) is 1. The van der Waals surface area contributed by atoms with Crippen LogP contribution >= 0.6 is 11.8 Å². The first-order valence-corrected chi connectivity index (χ1v) is 6.08. The van der Waals surface area contributed by atoms with Crippen LogP contribution in [0.1, 0.15) is 0 Å². The molecule has 2 amide bonds. The Morgan fingerprint density at radius 2 is 2.06 bits per heavy atom. The quantitative estimate of drug-likeness (QED) is 0.633. The van der Waals surface area contributed by atoms with Gasteiger partial charge in [0, 0.05) is 5.69 Å². The Kier molecular flexibility index (Phi) is 3.35. The summed E-state index contributed by atoms with van der Waals surface area (Å²) in [5.74, 6) is -0.797. The summed E-state index contributed by atoms with van der Waals surface area (Å²) < 4.78 is 0. The maximum absolute atomic E-state index is 11.8. The van der Waals surface area contributed by atoms with Crippen LogP contribution in [0.25, 0.3) is 0 Å². The first-order chi connectivity index (χ1) is 8.65. The van der Waals surface area contributed by atoms with E-state index in [1.54, 1.807) is 30.3 Å². The molecular formula is C12H9N3O2S. The minimum atomic E-state index is -0.823. The Morgan fingerprint density at radius 1 is 1.39 bits per heavy atom. The molecular weight excluding hydrogens is 250 g/mol. The second-order valence-corrected chi connectivity index (χ2v) is 4.47. The minimum absolute atomic E-state index is 0.171. The molecule has 2 rings (SSSR count). The van der Waals surface area contributed by atoms with E-state index in [4.69, 9.17) is 11.0 Å². The molecule has 18 heavy (non-hydrogen) atoms. The first-order valence-electron chi connectivity index (χ1n) is 5.10. The molecule has 0 aromatic heterocycles. The second kappa shape index (κ2) is 4.94. The lowest BCUT2D eigenvalue weighted by Crippen LogP contribution is -2.26. The van der Waals surface area contributed by atoms with E-state index in [1.165, 1.54) is 4.90 Å². The molecule has 1 fully saturated rings. The molecule has 1 heterocycles. The van der Waals surface area contributed by atoms with Crippen LogP contribution in [0.3, 0.4) is 0 Å². The largest absolute Gasteiger partial charge is 0.365 e. The maximum Gasteiger partial charge on any atom is 0.262 e. The standard InChI is InChI=1S/C12H9N3O2S/c13-6-9(11(14)17)12-15(10(16)7-18-12)8-4-2-1-3-5-8/h1-5H,7H2,(H2,14,17). The highest BCUT2D eigenvalue weighted by molar-refractivity contribution is 8.04. The number of benzene rings is 1. The van der Waals surface area contributed by atoms with Crippen molar-refractivity contribution < 1.29 is 9.59 Å². The van der Waals surface area contributed by atoms with Gasteiger partial charge in [-0.25, -0.2) is 0 Å². The van der Waals surface area contributed by atoms with E-state index in [0.717, 1.165) is 11.8 Å². The van der Waals surface area contributed by atoms with Crippen molar-refractivity contribution in [3.63, 3.8) is 0 Å². The molecule has 1 aliphatic heterocycles. The molecule has 6 heteroatoms. The molecule has 1 aromatic carbocycles. The number of rotatable bonds is 2. The molecule has 5 nitrogen and oxygen atoms in total. The number of carbonyl (C=O) groups is 2. The van der Waals surface area contributed by atoms with Crippen molar-refractivity contribution in [2.45, 2.75) is 0 Å². The number of para-hydroxylation sites is 1. The van der Waals surface area contributed by atoms with Gasteiger partial charge in [0.15, 0.2) is 0 Å². The van der Waals surface area contributed by atoms with E-state index in [2.05, 4.69) is 0 Å². The molecule has 0 unspecified atom stereocenters. The molecule has 1 aromatic rings. The SMILES string of the molecule is N#CC(C(N)=O)=C1SCC(=O)N1c1ccccc1. The summed E-state index contributed by atoms with van der Waals surface area (Å²) in [6.07, 6.45) is 0. The van der Waals surface area contributed by atoms with Gasteiger partial charge in [0.2, 0.25) is 5.91 Å². The van der Waals surface area contributed by atoms with E-state index >= 15 is 0 Å². The van der Waals surface area contributed by atoms with Crippen LogP contribution in [0.15, 0.2) is 40.9 Å². The summed E-state index contributed by atoms with van der Waals surface area (Å²) in [7, 11) is 0. The summed E-state index contributed by atoms with van der Waals surface area (Å²) in [6, 6.07) is 10.6. The summed E-state index contributed by atoms with van der Waals surface area (Å²) in [6.45, 7) is 0. The smallest absolute Gasteiger partial charge is 0.262 e. The third kappa shape index (κ3) is 2.08. The van der Waals surface area contributed by atoms with Crippen molar-refractivity contribution in [2.24, 2.45) is 5.73 Å².